The van der Waals surface area contributed by atoms with Crippen LogP contribution in [0.1, 0.15) is 39.4 Å². The summed E-state index contributed by atoms with van der Waals surface area (Å²) in [5, 5.41) is 0. The van der Waals surface area contributed by atoms with Gasteiger partial charge in [0, 0.05) is 10.8 Å². The lowest BCUT2D eigenvalue weighted by molar-refractivity contribution is 0.329. The summed E-state index contributed by atoms with van der Waals surface area (Å²) in [4.78, 5) is 9.34. The number of aromatic nitrogens is 2. The van der Waals surface area contributed by atoms with Gasteiger partial charge in [-0.3, -0.25) is 0 Å². The Labute approximate surface area is 150 Å². The zero-order valence-corrected chi connectivity index (χ0v) is 16.3. The van der Waals surface area contributed by atoms with E-state index in [-0.39, 0.29) is 5.41 Å². The third kappa shape index (κ3) is 3.59. The molecule has 0 aliphatic rings. The maximum atomic E-state index is 4.58. The van der Waals surface area contributed by atoms with Crippen molar-refractivity contribution >= 4 is 27.3 Å². The van der Waals surface area contributed by atoms with Crippen molar-refractivity contribution in [2.75, 3.05) is 0 Å². The number of halogens is 1. The van der Waals surface area contributed by atoms with Crippen molar-refractivity contribution in [3.63, 3.8) is 0 Å². The Balaban J connectivity index is 1.84. The van der Waals surface area contributed by atoms with Crippen LogP contribution in [0.25, 0.3) is 21.7 Å². The minimum Gasteiger partial charge on any atom is -0.342 e. The van der Waals surface area contributed by atoms with E-state index in [1.54, 1.807) is 11.3 Å². The summed E-state index contributed by atoms with van der Waals surface area (Å²) in [6.07, 6.45) is 1.94. The van der Waals surface area contributed by atoms with Gasteiger partial charge in [-0.15, -0.1) is 11.3 Å². The number of H-pyrrole nitrogens is 1. The Kier molecular flexibility index (Phi) is 4.47. The van der Waals surface area contributed by atoms with Crippen LogP contribution in [0.5, 0.6) is 0 Å². The highest BCUT2D eigenvalue weighted by molar-refractivity contribution is 9.11. The predicted octanol–water partition coefficient (Wildman–Crippen LogP) is 6.72. The molecule has 0 unspecified atom stereocenters. The fourth-order valence-electron chi connectivity index (χ4n) is 2.40. The molecule has 0 aliphatic carbocycles. The molecule has 2 heterocycles. The molecule has 3 aromatic rings. The highest BCUT2D eigenvalue weighted by Gasteiger charge is 2.24. The molecule has 3 rings (SSSR count). The average Bonchev–Trinajstić information content (AvgIpc) is 3.15. The van der Waals surface area contributed by atoms with Crippen LogP contribution in [0, 0.1) is 5.41 Å². The second-order valence-corrected chi connectivity index (χ2v) is 9.41. The van der Waals surface area contributed by atoms with E-state index in [2.05, 4.69) is 90.0 Å². The van der Waals surface area contributed by atoms with Crippen molar-refractivity contribution in [3.8, 4) is 21.7 Å². The lowest BCUT2D eigenvalue weighted by Crippen LogP contribution is -2.16. The maximum Gasteiger partial charge on any atom is 0.109 e. The fourth-order valence-corrected chi connectivity index (χ4v) is 3.79. The van der Waals surface area contributed by atoms with E-state index in [0.717, 1.165) is 15.3 Å². The highest BCUT2D eigenvalue weighted by atomic mass is 79.9. The van der Waals surface area contributed by atoms with Gasteiger partial charge in [0.1, 0.15) is 5.82 Å². The van der Waals surface area contributed by atoms with Crippen LogP contribution in [0.4, 0.5) is 0 Å². The van der Waals surface area contributed by atoms with Crippen molar-refractivity contribution < 1.29 is 0 Å². The van der Waals surface area contributed by atoms with E-state index in [9.17, 15) is 0 Å². The van der Waals surface area contributed by atoms with Gasteiger partial charge in [-0.25, -0.2) is 4.98 Å². The maximum absolute atomic E-state index is 4.58. The number of hydrogen-bond donors (Lipinski definition) is 1. The topological polar surface area (TPSA) is 28.7 Å². The number of benzene rings is 1. The van der Waals surface area contributed by atoms with E-state index in [1.807, 2.05) is 6.20 Å². The fraction of sp³-hybridized carbons (Fsp3) is 0.316. The number of nitrogens with one attached hydrogen (secondary N) is 1. The molecule has 4 heteroatoms. The number of nitrogens with zero attached hydrogens (tertiary/aromatic N) is 1. The number of imidazole rings is 1. The lowest BCUT2D eigenvalue weighted by atomic mass is 9.82. The second-order valence-electron chi connectivity index (χ2n) is 6.95. The van der Waals surface area contributed by atoms with Crippen LogP contribution >= 0.6 is 27.3 Å². The summed E-state index contributed by atoms with van der Waals surface area (Å²) >= 11 is 5.27. The number of aromatic amines is 1. The van der Waals surface area contributed by atoms with E-state index in [4.69, 9.17) is 0 Å². The third-order valence-corrected chi connectivity index (χ3v) is 6.03. The summed E-state index contributed by atoms with van der Waals surface area (Å²) in [6.45, 7) is 8.95. The van der Waals surface area contributed by atoms with Crippen molar-refractivity contribution in [2.24, 2.45) is 5.41 Å². The molecule has 0 aliphatic heterocycles. The summed E-state index contributed by atoms with van der Waals surface area (Å²) in [7, 11) is 0. The van der Waals surface area contributed by atoms with Crippen LogP contribution < -0.4 is 0 Å². The van der Waals surface area contributed by atoms with Crippen molar-refractivity contribution in [1.29, 1.82) is 0 Å². The summed E-state index contributed by atoms with van der Waals surface area (Å²) in [6, 6.07) is 12.9. The Bertz CT molecular complexity index is 793. The first kappa shape index (κ1) is 16.5. The first-order valence-electron chi connectivity index (χ1n) is 7.75. The van der Waals surface area contributed by atoms with Gasteiger partial charge in [0.2, 0.25) is 0 Å². The van der Waals surface area contributed by atoms with Gasteiger partial charge in [-0.2, -0.15) is 0 Å². The van der Waals surface area contributed by atoms with Crippen LogP contribution in [-0.2, 0) is 0 Å². The standard InChI is InChI=1S/C19H21BrN2S/c1-12(19(2,3)4)18-21-11-15(22-18)13-5-7-14(8-6-13)16-9-10-17(20)23-16/h5-12H,1-4H3,(H,21,22)/t12-/m1/s1. The summed E-state index contributed by atoms with van der Waals surface area (Å²) in [5.41, 5.74) is 3.69. The smallest absolute Gasteiger partial charge is 0.109 e. The Morgan fingerprint density at radius 2 is 1.70 bits per heavy atom. The molecule has 0 radical (unpaired) electrons. The molecule has 2 aromatic heterocycles. The monoisotopic (exact) mass is 388 g/mol. The van der Waals surface area contributed by atoms with E-state index in [0.29, 0.717) is 5.92 Å². The Hall–Kier alpha value is -1.39. The molecule has 1 atom stereocenters. The average molecular weight is 389 g/mol. The number of rotatable bonds is 3. The largest absolute Gasteiger partial charge is 0.342 e. The Morgan fingerprint density at radius 1 is 1.04 bits per heavy atom. The molecule has 0 fully saturated rings. The molecule has 2 nitrogen and oxygen atoms in total. The van der Waals surface area contributed by atoms with Gasteiger partial charge in [-0.1, -0.05) is 52.0 Å². The van der Waals surface area contributed by atoms with Gasteiger partial charge in [0.25, 0.3) is 0 Å². The highest BCUT2D eigenvalue weighted by Crippen LogP contribution is 2.35. The van der Waals surface area contributed by atoms with E-state index in [1.165, 1.54) is 16.0 Å². The van der Waals surface area contributed by atoms with Crippen molar-refractivity contribution in [2.45, 2.75) is 33.6 Å². The normalized spacial score (nSPS) is 13.3. The zero-order chi connectivity index (χ0) is 16.6. The molecule has 1 N–H and O–H groups in total. The third-order valence-electron chi connectivity index (χ3n) is 4.36. The van der Waals surface area contributed by atoms with Gasteiger partial charge < -0.3 is 4.98 Å². The lowest BCUT2D eigenvalue weighted by Gasteiger charge is -2.25. The molecule has 1 aromatic carbocycles. The minimum atomic E-state index is 0.200. The molecule has 0 saturated carbocycles. The number of thiophene rings is 1. The predicted molar refractivity (Wildman–Crippen MR) is 103 cm³/mol. The zero-order valence-electron chi connectivity index (χ0n) is 13.9. The molecule has 120 valence electrons. The molecule has 0 saturated heterocycles. The van der Waals surface area contributed by atoms with Crippen molar-refractivity contribution in [1.82, 2.24) is 9.97 Å². The molecule has 0 bridgehead atoms. The number of hydrogen-bond acceptors (Lipinski definition) is 2. The van der Waals surface area contributed by atoms with Gasteiger partial charge in [-0.05, 0) is 44.6 Å². The minimum absolute atomic E-state index is 0.200. The van der Waals surface area contributed by atoms with Crippen LogP contribution in [0.2, 0.25) is 0 Å². The Morgan fingerprint density at radius 3 is 2.26 bits per heavy atom. The molecule has 23 heavy (non-hydrogen) atoms. The van der Waals surface area contributed by atoms with Crippen LogP contribution in [0.15, 0.2) is 46.4 Å². The van der Waals surface area contributed by atoms with E-state index >= 15 is 0 Å². The van der Waals surface area contributed by atoms with Crippen LogP contribution in [-0.4, -0.2) is 9.97 Å². The summed E-state index contributed by atoms with van der Waals surface area (Å²) < 4.78 is 1.16. The molecule has 0 spiro atoms. The SMILES string of the molecule is C[C@H](c1ncc(-c2ccc(-c3ccc(Br)s3)cc2)[nH]1)C(C)(C)C. The van der Waals surface area contributed by atoms with E-state index < -0.39 is 0 Å². The van der Waals surface area contributed by atoms with Crippen LogP contribution in [0.3, 0.4) is 0 Å². The first-order valence-corrected chi connectivity index (χ1v) is 9.36. The van der Waals surface area contributed by atoms with Gasteiger partial charge in [0.15, 0.2) is 0 Å². The quantitative estimate of drug-likeness (QED) is 0.529. The summed E-state index contributed by atoms with van der Waals surface area (Å²) in [5.74, 6) is 1.44. The first-order chi connectivity index (χ1) is 10.8. The van der Waals surface area contributed by atoms with Gasteiger partial charge in [0.05, 0.1) is 15.7 Å². The molecular formula is C19H21BrN2S. The second kappa shape index (κ2) is 6.25. The van der Waals surface area contributed by atoms with Gasteiger partial charge >= 0.3 is 0 Å². The molecular weight excluding hydrogens is 368 g/mol. The van der Waals surface area contributed by atoms with Crippen molar-refractivity contribution in [3.05, 3.63) is 52.2 Å². The molecule has 0 amide bonds.